The van der Waals surface area contributed by atoms with Gasteiger partial charge in [-0.3, -0.25) is 24.3 Å². The van der Waals surface area contributed by atoms with Crippen molar-refractivity contribution in [2.45, 2.75) is 25.9 Å². The van der Waals surface area contributed by atoms with Gasteiger partial charge in [0.2, 0.25) is 5.91 Å². The second-order valence-electron chi connectivity index (χ2n) is 8.07. The smallest absolute Gasteiger partial charge is 0.332 e. The molecule has 1 N–H and O–H groups in total. The molecule has 32 heavy (non-hydrogen) atoms. The highest BCUT2D eigenvalue weighted by molar-refractivity contribution is 7.10. The molecule has 2 aliphatic heterocycles. The predicted molar refractivity (Wildman–Crippen MR) is 123 cm³/mol. The largest absolute Gasteiger partial charge is 0.379 e. The number of morpholine rings is 1. The van der Waals surface area contributed by atoms with Crippen LogP contribution < -0.4 is 10.2 Å². The number of ether oxygens (including phenoxy) is 1. The van der Waals surface area contributed by atoms with Crippen LogP contribution in [0.5, 0.6) is 0 Å². The molecule has 0 spiro atoms. The lowest BCUT2D eigenvalue weighted by atomic mass is 10.2. The van der Waals surface area contributed by atoms with Crippen molar-refractivity contribution in [3.63, 3.8) is 0 Å². The molecule has 0 unspecified atom stereocenters. The number of hydrogen-bond donors (Lipinski definition) is 1. The molecule has 2 aliphatic rings. The molecule has 4 rings (SSSR count). The van der Waals surface area contributed by atoms with Crippen molar-refractivity contribution in [1.29, 1.82) is 0 Å². The molecule has 170 valence electrons. The van der Waals surface area contributed by atoms with Gasteiger partial charge >= 0.3 is 6.03 Å². The number of thiophene rings is 1. The molecule has 9 heteroatoms. The molecule has 2 saturated heterocycles. The lowest BCUT2D eigenvalue weighted by Crippen LogP contribution is -2.46. The van der Waals surface area contributed by atoms with E-state index in [1.165, 1.54) is 9.78 Å². The molecule has 8 nitrogen and oxygen atoms in total. The first-order valence-electron chi connectivity index (χ1n) is 10.8. The van der Waals surface area contributed by atoms with E-state index in [1.54, 1.807) is 18.3 Å². The van der Waals surface area contributed by atoms with Gasteiger partial charge in [-0.2, -0.15) is 0 Å². The highest BCUT2D eigenvalue weighted by Gasteiger charge is 2.44. The maximum Gasteiger partial charge on any atom is 0.332 e. The Morgan fingerprint density at radius 2 is 1.91 bits per heavy atom. The van der Waals surface area contributed by atoms with Gasteiger partial charge in [0.15, 0.2) is 0 Å². The maximum absolute atomic E-state index is 12.9. The Labute approximate surface area is 191 Å². The molecule has 2 atom stereocenters. The summed E-state index contributed by atoms with van der Waals surface area (Å²) >= 11 is 1.65. The monoisotopic (exact) mass is 456 g/mol. The third kappa shape index (κ3) is 4.69. The van der Waals surface area contributed by atoms with Gasteiger partial charge in [0.25, 0.3) is 5.91 Å². The number of amides is 4. The molecule has 4 amide bonds. The van der Waals surface area contributed by atoms with Crippen LogP contribution >= 0.6 is 11.3 Å². The third-order valence-corrected chi connectivity index (χ3v) is 6.89. The highest BCUT2D eigenvalue weighted by atomic mass is 32.1. The Morgan fingerprint density at radius 1 is 1.19 bits per heavy atom. The second-order valence-corrected chi connectivity index (χ2v) is 9.05. The molecule has 0 aliphatic carbocycles. The van der Waals surface area contributed by atoms with Crippen molar-refractivity contribution in [2.75, 3.05) is 44.3 Å². The van der Waals surface area contributed by atoms with Crippen LogP contribution in [0.25, 0.3) is 0 Å². The SMILES string of the molecule is Cc1ccc(N2C(=O)N(CC(=O)NC[C@@H](c3cccs3)N3CCOCC3)C(=O)[C@@H]2C)cc1. The second kappa shape index (κ2) is 9.81. The number of benzene rings is 1. The summed E-state index contributed by atoms with van der Waals surface area (Å²) in [4.78, 5) is 44.4. The topological polar surface area (TPSA) is 82.2 Å². The first-order valence-corrected chi connectivity index (χ1v) is 11.7. The Hall–Kier alpha value is -2.75. The van der Waals surface area contributed by atoms with E-state index in [2.05, 4.69) is 16.3 Å². The van der Waals surface area contributed by atoms with Gasteiger partial charge in [-0.15, -0.1) is 11.3 Å². The molecular weight excluding hydrogens is 428 g/mol. The van der Waals surface area contributed by atoms with Crippen molar-refractivity contribution in [3.8, 4) is 0 Å². The molecule has 0 radical (unpaired) electrons. The van der Waals surface area contributed by atoms with E-state index in [1.807, 2.05) is 42.6 Å². The molecule has 0 saturated carbocycles. The van der Waals surface area contributed by atoms with Gasteiger partial charge < -0.3 is 10.1 Å². The number of aryl methyl sites for hydroxylation is 1. The van der Waals surface area contributed by atoms with Crippen molar-refractivity contribution in [3.05, 3.63) is 52.2 Å². The summed E-state index contributed by atoms with van der Waals surface area (Å²) < 4.78 is 5.46. The summed E-state index contributed by atoms with van der Waals surface area (Å²) in [6.07, 6.45) is 0. The van der Waals surface area contributed by atoms with E-state index in [0.29, 0.717) is 25.4 Å². The average molecular weight is 457 g/mol. The Kier molecular flexibility index (Phi) is 6.88. The Bertz CT molecular complexity index is 957. The molecule has 0 bridgehead atoms. The highest BCUT2D eigenvalue weighted by Crippen LogP contribution is 2.27. The number of urea groups is 1. The van der Waals surface area contributed by atoms with Gasteiger partial charge in [0.1, 0.15) is 12.6 Å². The van der Waals surface area contributed by atoms with Crippen molar-refractivity contribution < 1.29 is 19.1 Å². The fourth-order valence-corrected chi connectivity index (χ4v) is 4.96. The number of nitrogens with one attached hydrogen (secondary N) is 1. The summed E-state index contributed by atoms with van der Waals surface area (Å²) in [5.41, 5.74) is 1.71. The van der Waals surface area contributed by atoms with E-state index < -0.39 is 12.1 Å². The number of carbonyl (C=O) groups is 3. The predicted octanol–water partition coefficient (Wildman–Crippen LogP) is 2.40. The van der Waals surface area contributed by atoms with Crippen molar-refractivity contribution >= 4 is 34.9 Å². The minimum Gasteiger partial charge on any atom is -0.379 e. The van der Waals surface area contributed by atoms with E-state index >= 15 is 0 Å². The van der Waals surface area contributed by atoms with Gasteiger partial charge in [-0.05, 0) is 37.4 Å². The van der Waals surface area contributed by atoms with E-state index in [-0.39, 0.29) is 24.4 Å². The van der Waals surface area contributed by atoms with Crippen molar-refractivity contribution in [2.24, 2.45) is 0 Å². The van der Waals surface area contributed by atoms with Gasteiger partial charge in [0.05, 0.1) is 19.3 Å². The number of nitrogens with zero attached hydrogens (tertiary/aromatic N) is 3. The Morgan fingerprint density at radius 3 is 2.56 bits per heavy atom. The number of anilines is 1. The fourth-order valence-electron chi connectivity index (χ4n) is 4.10. The summed E-state index contributed by atoms with van der Waals surface area (Å²) in [6, 6.07) is 10.4. The molecule has 3 heterocycles. The lowest BCUT2D eigenvalue weighted by molar-refractivity contribution is -0.132. The quantitative estimate of drug-likeness (QED) is 0.647. The third-order valence-electron chi connectivity index (χ3n) is 5.91. The summed E-state index contributed by atoms with van der Waals surface area (Å²) in [6.45, 7) is 6.69. The van der Waals surface area contributed by atoms with E-state index in [9.17, 15) is 14.4 Å². The molecule has 1 aromatic heterocycles. The van der Waals surface area contributed by atoms with Gasteiger partial charge in [0, 0.05) is 30.2 Å². The molecule has 2 fully saturated rings. The van der Waals surface area contributed by atoms with Crippen LogP contribution in [-0.2, 0) is 14.3 Å². The summed E-state index contributed by atoms with van der Waals surface area (Å²) in [7, 11) is 0. The zero-order valence-electron chi connectivity index (χ0n) is 18.3. The standard InChI is InChI=1S/C23H28N4O4S/c1-16-5-7-18(8-6-16)27-17(2)22(29)26(23(27)30)15-21(28)24-14-19(20-4-3-13-32-20)25-9-11-31-12-10-25/h3-8,13,17,19H,9-12,14-15H2,1-2H3,(H,24,28)/t17-,19-/m0/s1. The van der Waals surface area contributed by atoms with Crippen LogP contribution in [0.15, 0.2) is 41.8 Å². The van der Waals surface area contributed by atoms with Crippen LogP contribution in [0.3, 0.4) is 0 Å². The summed E-state index contributed by atoms with van der Waals surface area (Å²) in [5.74, 6) is -0.715. The average Bonchev–Trinajstić information content (AvgIpc) is 3.39. The minimum atomic E-state index is -0.648. The number of imide groups is 1. The van der Waals surface area contributed by atoms with Crippen LogP contribution in [0.1, 0.15) is 23.4 Å². The van der Waals surface area contributed by atoms with Crippen LogP contribution in [0, 0.1) is 6.92 Å². The molecule has 2 aromatic rings. The normalized spacial score (nSPS) is 20.6. The maximum atomic E-state index is 12.9. The van der Waals surface area contributed by atoms with Gasteiger partial charge in [-0.25, -0.2) is 4.79 Å². The Balaban J connectivity index is 1.40. The van der Waals surface area contributed by atoms with Crippen LogP contribution in [0.4, 0.5) is 10.5 Å². The number of carbonyl (C=O) groups excluding carboxylic acids is 3. The van der Waals surface area contributed by atoms with Crippen molar-refractivity contribution in [1.82, 2.24) is 15.1 Å². The summed E-state index contributed by atoms with van der Waals surface area (Å²) in [5, 5.41) is 4.95. The number of hydrogen-bond acceptors (Lipinski definition) is 6. The number of rotatable bonds is 7. The van der Waals surface area contributed by atoms with Gasteiger partial charge in [-0.1, -0.05) is 23.8 Å². The first-order chi connectivity index (χ1) is 15.5. The molecule has 1 aromatic carbocycles. The lowest BCUT2D eigenvalue weighted by Gasteiger charge is -2.34. The van der Waals surface area contributed by atoms with Crippen LogP contribution in [0.2, 0.25) is 0 Å². The first kappa shape index (κ1) is 22.4. The minimum absolute atomic E-state index is 0.0378. The van der Waals surface area contributed by atoms with Crippen LogP contribution in [-0.4, -0.2) is 73.1 Å². The zero-order chi connectivity index (χ0) is 22.7. The van der Waals surface area contributed by atoms with E-state index in [4.69, 9.17) is 4.74 Å². The fraction of sp³-hybridized carbons (Fsp3) is 0.435. The molecular formula is C23H28N4O4S. The zero-order valence-corrected chi connectivity index (χ0v) is 19.1. The van der Waals surface area contributed by atoms with E-state index in [0.717, 1.165) is 23.6 Å².